The number of esters is 1. The van der Waals surface area contributed by atoms with Gasteiger partial charge < -0.3 is 33.9 Å². The van der Waals surface area contributed by atoms with Gasteiger partial charge in [0.1, 0.15) is 40.8 Å². The molecule has 1 heterocycles. The first-order valence-corrected chi connectivity index (χ1v) is 26.8. The number of likely N-dealkylation sites (tertiary alicyclic amines) is 1. The van der Waals surface area contributed by atoms with E-state index in [1.54, 1.807) is 27.2 Å². The van der Waals surface area contributed by atoms with E-state index >= 15 is 4.79 Å². The third-order valence-electron chi connectivity index (χ3n) is 13.4. The molecule has 1 N–H and O–H groups in total. The first-order chi connectivity index (χ1) is 36.4. The number of benzene rings is 5. The first-order valence-electron chi connectivity index (χ1n) is 25.7. The van der Waals surface area contributed by atoms with Gasteiger partial charge in [0.2, 0.25) is 11.8 Å². The summed E-state index contributed by atoms with van der Waals surface area (Å²) in [5.74, 6) is -1.37. The molecule has 1 saturated heterocycles. The Bertz CT molecular complexity index is 2610. The zero-order chi connectivity index (χ0) is 53.6. The number of rotatable bonds is 31. The second-order valence-corrected chi connectivity index (χ2v) is 19.9. The fourth-order valence-corrected chi connectivity index (χ4v) is 10.0. The highest BCUT2D eigenvalue weighted by Gasteiger charge is 2.44. The molecule has 2 amide bonds. The van der Waals surface area contributed by atoms with Gasteiger partial charge in [-0.15, -0.1) is 6.58 Å². The number of nitrogens with one attached hydrogen (secondary N) is 1. The summed E-state index contributed by atoms with van der Waals surface area (Å²) < 4.78 is 30.8. The SMILES string of the molecule is C=CCCC(=O)C[C@@H](Cc1ccccc1)C(=O)N[C@@H](Cc1cccc(I)c1)C(=O)N1C[C@H](OC(=O)CCC(=O)CC)C[C@H]1C(=O)CCCOCCOC(c1ccccc1)(c1ccc(OC)cc1)c1ccc(OC)cc1. The van der Waals surface area contributed by atoms with Gasteiger partial charge in [0.05, 0.1) is 46.4 Å². The maximum Gasteiger partial charge on any atom is 0.306 e. The molecule has 1 aliphatic rings. The summed E-state index contributed by atoms with van der Waals surface area (Å²) in [5, 5.41) is 3.02. The van der Waals surface area contributed by atoms with Crippen molar-refractivity contribution in [3.63, 3.8) is 0 Å². The molecule has 0 spiro atoms. The predicted molar refractivity (Wildman–Crippen MR) is 295 cm³/mol. The van der Waals surface area contributed by atoms with Crippen molar-refractivity contribution in [1.82, 2.24) is 10.2 Å². The monoisotopic (exact) mass is 1130 g/mol. The number of hydrogen-bond acceptors (Lipinski definition) is 11. The predicted octanol–water partition coefficient (Wildman–Crippen LogP) is 9.77. The van der Waals surface area contributed by atoms with E-state index in [9.17, 15) is 24.0 Å². The Labute approximate surface area is 454 Å². The molecule has 0 radical (unpaired) electrons. The van der Waals surface area contributed by atoms with Crippen molar-refractivity contribution in [2.75, 3.05) is 40.6 Å². The summed E-state index contributed by atoms with van der Waals surface area (Å²) in [7, 11) is 3.24. The number of halogens is 1. The van der Waals surface area contributed by atoms with E-state index in [0.29, 0.717) is 24.3 Å². The number of ketones is 3. The van der Waals surface area contributed by atoms with Crippen LogP contribution in [-0.4, -0.2) is 98.8 Å². The van der Waals surface area contributed by atoms with Crippen LogP contribution in [0.2, 0.25) is 0 Å². The highest BCUT2D eigenvalue weighted by molar-refractivity contribution is 14.1. The highest BCUT2D eigenvalue weighted by Crippen LogP contribution is 2.41. The van der Waals surface area contributed by atoms with Gasteiger partial charge >= 0.3 is 5.97 Å². The minimum Gasteiger partial charge on any atom is -0.497 e. The molecule has 0 unspecified atom stereocenters. The molecule has 1 fully saturated rings. The van der Waals surface area contributed by atoms with Crippen molar-refractivity contribution >= 4 is 57.7 Å². The molecule has 1 aliphatic heterocycles. The van der Waals surface area contributed by atoms with Crippen LogP contribution in [0.25, 0.3) is 0 Å². The van der Waals surface area contributed by atoms with Crippen LogP contribution in [0.1, 0.15) is 92.5 Å². The normalized spacial score (nSPS) is 15.1. The smallest absolute Gasteiger partial charge is 0.306 e. The van der Waals surface area contributed by atoms with Crippen LogP contribution >= 0.6 is 22.6 Å². The Hall–Kier alpha value is -6.49. The van der Waals surface area contributed by atoms with Crippen LogP contribution in [-0.2, 0) is 61.4 Å². The van der Waals surface area contributed by atoms with Gasteiger partial charge in [-0.05, 0) is 106 Å². The largest absolute Gasteiger partial charge is 0.497 e. The lowest BCUT2D eigenvalue weighted by molar-refractivity contribution is -0.150. The van der Waals surface area contributed by atoms with E-state index in [1.165, 1.54) is 4.90 Å². The number of Topliss-reactive ketones (excluding diaryl/α,β-unsaturated/α-hetero) is 3. The van der Waals surface area contributed by atoms with Gasteiger partial charge in [-0.1, -0.05) is 110 Å². The van der Waals surface area contributed by atoms with Gasteiger partial charge in [-0.3, -0.25) is 28.8 Å². The molecule has 75 heavy (non-hydrogen) atoms. The van der Waals surface area contributed by atoms with E-state index in [4.69, 9.17) is 23.7 Å². The van der Waals surface area contributed by atoms with E-state index in [1.807, 2.05) is 133 Å². The second-order valence-electron chi connectivity index (χ2n) is 18.6. The molecular formula is C61H69IN2O11. The Balaban J connectivity index is 1.18. The van der Waals surface area contributed by atoms with Crippen molar-refractivity contribution < 1.29 is 52.5 Å². The Kier molecular flexibility index (Phi) is 22.8. The van der Waals surface area contributed by atoms with Gasteiger partial charge in [-0.25, -0.2) is 0 Å². The molecular weight excluding hydrogens is 1060 g/mol. The molecule has 0 aliphatic carbocycles. The number of ether oxygens (including phenoxy) is 5. The zero-order valence-corrected chi connectivity index (χ0v) is 45.4. The van der Waals surface area contributed by atoms with E-state index in [0.717, 1.165) is 31.4 Å². The molecule has 0 bridgehead atoms. The van der Waals surface area contributed by atoms with E-state index in [-0.39, 0.29) is 102 Å². The molecule has 4 atom stereocenters. The summed E-state index contributed by atoms with van der Waals surface area (Å²) >= 11 is 2.19. The van der Waals surface area contributed by atoms with Crippen molar-refractivity contribution in [1.29, 1.82) is 0 Å². The average molecular weight is 1130 g/mol. The maximum absolute atomic E-state index is 15.1. The van der Waals surface area contributed by atoms with Gasteiger partial charge in [0, 0.05) is 61.0 Å². The average Bonchev–Trinajstić information content (AvgIpc) is 3.86. The van der Waals surface area contributed by atoms with Crippen LogP contribution in [0.5, 0.6) is 11.5 Å². The molecule has 5 aromatic carbocycles. The highest BCUT2D eigenvalue weighted by atomic mass is 127. The number of methoxy groups -OCH3 is 2. The number of amides is 2. The van der Waals surface area contributed by atoms with Crippen LogP contribution in [0.4, 0.5) is 0 Å². The van der Waals surface area contributed by atoms with E-state index in [2.05, 4.69) is 34.5 Å². The Morgan fingerprint density at radius 2 is 1.35 bits per heavy atom. The molecule has 0 aromatic heterocycles. The fourth-order valence-electron chi connectivity index (χ4n) is 9.43. The molecule has 396 valence electrons. The second kappa shape index (κ2) is 29.6. The number of carbonyl (C=O) groups is 6. The van der Waals surface area contributed by atoms with Crippen molar-refractivity contribution in [3.8, 4) is 11.5 Å². The summed E-state index contributed by atoms with van der Waals surface area (Å²) in [6.07, 6.45) is 2.50. The molecule has 14 heteroatoms. The Morgan fingerprint density at radius 3 is 1.96 bits per heavy atom. The van der Waals surface area contributed by atoms with Crippen LogP contribution in [0.15, 0.2) is 146 Å². The van der Waals surface area contributed by atoms with Crippen molar-refractivity contribution in [2.45, 2.75) is 101 Å². The van der Waals surface area contributed by atoms with Gasteiger partial charge in [0.25, 0.3) is 0 Å². The lowest BCUT2D eigenvalue weighted by atomic mass is 9.80. The summed E-state index contributed by atoms with van der Waals surface area (Å²) in [4.78, 5) is 83.6. The van der Waals surface area contributed by atoms with Crippen LogP contribution in [0.3, 0.4) is 0 Å². The van der Waals surface area contributed by atoms with Crippen molar-refractivity contribution in [3.05, 3.63) is 178 Å². The maximum atomic E-state index is 15.1. The zero-order valence-electron chi connectivity index (χ0n) is 43.2. The lowest BCUT2D eigenvalue weighted by Crippen LogP contribution is -2.54. The Morgan fingerprint density at radius 1 is 0.720 bits per heavy atom. The number of hydrogen-bond donors (Lipinski definition) is 1. The standard InChI is InChI=1S/C61H69IN2O11/c1-5-7-22-51(66)40-45(37-43-16-10-8-11-17-43)59(69)63-55(39-44-18-14-21-49(62)38-44)60(70)64-42-54(75-58(68)33-28-50(65)6-2)41-56(64)57(67)23-15-34-73-35-36-74-61(46-19-12-9-13-20-46,47-24-29-52(71-3)30-25-47)48-26-31-53(72-4)32-27-48/h5,8-14,16-21,24-27,29-32,38,45,54-56H,1,6-7,15,22-23,28,33-37,39-42H2,2-4H3,(H,63,69)/t45-,54-,55+,56+/m1/s1. The summed E-state index contributed by atoms with van der Waals surface area (Å²) in [5.41, 5.74) is 3.27. The van der Waals surface area contributed by atoms with E-state index < -0.39 is 47.5 Å². The topological polar surface area (TPSA) is 164 Å². The third-order valence-corrected chi connectivity index (χ3v) is 14.1. The minimum atomic E-state index is -1.13. The van der Waals surface area contributed by atoms with Gasteiger partial charge in [-0.2, -0.15) is 0 Å². The van der Waals surface area contributed by atoms with Crippen LogP contribution in [0, 0.1) is 9.49 Å². The number of nitrogens with zero attached hydrogens (tertiary/aromatic N) is 1. The first kappa shape index (κ1) is 57.8. The molecule has 0 saturated carbocycles. The number of carbonyl (C=O) groups excluding carboxylic acids is 6. The van der Waals surface area contributed by atoms with Crippen molar-refractivity contribution in [2.24, 2.45) is 5.92 Å². The number of allylic oxidation sites excluding steroid dienone is 1. The summed E-state index contributed by atoms with van der Waals surface area (Å²) in [6.45, 7) is 5.97. The quantitative estimate of drug-likeness (QED) is 0.0148. The fraction of sp³-hybridized carbons (Fsp3) is 0.377. The lowest BCUT2D eigenvalue weighted by Gasteiger charge is -2.36. The van der Waals surface area contributed by atoms with Crippen LogP contribution < -0.4 is 14.8 Å². The molecule has 6 rings (SSSR count). The molecule has 5 aromatic rings. The third kappa shape index (κ3) is 16.8. The molecule has 13 nitrogen and oxygen atoms in total. The van der Waals surface area contributed by atoms with Gasteiger partial charge in [0.15, 0.2) is 5.78 Å². The minimum absolute atomic E-state index is 0.0263. The summed E-state index contributed by atoms with van der Waals surface area (Å²) in [6, 6.07) is 40.3.